The summed E-state index contributed by atoms with van der Waals surface area (Å²) >= 11 is 0. The van der Waals surface area contributed by atoms with E-state index in [1.165, 1.54) is 0 Å². The van der Waals surface area contributed by atoms with Crippen LogP contribution in [-0.2, 0) is 10.8 Å². The molecular weight excluding hydrogens is 206 g/mol. The maximum atomic E-state index is 12.0. The summed E-state index contributed by atoms with van der Waals surface area (Å²) < 4.78 is 12.0. The van der Waals surface area contributed by atoms with Gasteiger partial charge in [0.05, 0.1) is 22.1 Å². The van der Waals surface area contributed by atoms with Gasteiger partial charge in [-0.05, 0) is 25.5 Å². The van der Waals surface area contributed by atoms with Gasteiger partial charge >= 0.3 is 0 Å². The molecule has 0 amide bonds. The van der Waals surface area contributed by atoms with E-state index in [1.807, 2.05) is 38.1 Å². The van der Waals surface area contributed by atoms with Gasteiger partial charge in [0.15, 0.2) is 0 Å². The number of benzene rings is 1. The minimum absolute atomic E-state index is 0.0438. The van der Waals surface area contributed by atoms with Crippen LogP contribution in [0.3, 0.4) is 0 Å². The van der Waals surface area contributed by atoms with Crippen molar-refractivity contribution < 1.29 is 4.21 Å². The summed E-state index contributed by atoms with van der Waals surface area (Å²) in [5, 5.41) is 8.58. The molecule has 2 nitrogen and oxygen atoms in total. The summed E-state index contributed by atoms with van der Waals surface area (Å²) in [5.74, 6) is 0. The Balaban J connectivity index is 2.84. The first kappa shape index (κ1) is 11.9. The number of nitrogens with zero attached hydrogens (tertiary/aromatic N) is 1. The van der Waals surface area contributed by atoms with E-state index in [9.17, 15) is 4.21 Å². The van der Waals surface area contributed by atoms with E-state index in [2.05, 4.69) is 6.07 Å². The number of hydrogen-bond acceptors (Lipinski definition) is 2. The smallest absolute Gasteiger partial charge is 0.0634 e. The second kappa shape index (κ2) is 5.67. The molecule has 15 heavy (non-hydrogen) atoms. The van der Waals surface area contributed by atoms with Crippen molar-refractivity contribution in [3.05, 3.63) is 29.8 Å². The Morgan fingerprint density at radius 3 is 2.47 bits per heavy atom. The molecule has 0 aliphatic carbocycles. The molecule has 1 rings (SSSR count). The molecule has 0 N–H and O–H groups in total. The van der Waals surface area contributed by atoms with Crippen LogP contribution in [-0.4, -0.2) is 9.46 Å². The molecule has 80 valence electrons. The zero-order chi connectivity index (χ0) is 11.3. The molecule has 1 aromatic carbocycles. The quantitative estimate of drug-likeness (QED) is 0.784. The summed E-state index contributed by atoms with van der Waals surface area (Å²) in [6, 6.07) is 9.75. The Kier molecular flexibility index (Phi) is 4.51. The number of nitriles is 1. The van der Waals surface area contributed by atoms with Crippen molar-refractivity contribution in [3.63, 3.8) is 0 Å². The minimum atomic E-state index is -1.05. The largest absolute Gasteiger partial charge is 0.254 e. The standard InChI is InChI=1S/C12H15NOS/c1-3-11(8-9-13)15(14)12-6-4-10(2)5-7-12/h4-7,11H,3,8H2,1-2H3. The highest BCUT2D eigenvalue weighted by Crippen LogP contribution is 2.16. The van der Waals surface area contributed by atoms with Gasteiger partial charge in [0, 0.05) is 11.3 Å². The number of hydrogen-bond donors (Lipinski definition) is 0. The molecule has 2 unspecified atom stereocenters. The van der Waals surface area contributed by atoms with Crippen molar-refractivity contribution in [2.24, 2.45) is 0 Å². The van der Waals surface area contributed by atoms with Crippen LogP contribution in [0.2, 0.25) is 0 Å². The number of rotatable bonds is 4. The topological polar surface area (TPSA) is 40.9 Å². The first-order valence-corrected chi connectivity index (χ1v) is 6.24. The van der Waals surface area contributed by atoms with Crippen LogP contribution in [0.1, 0.15) is 25.3 Å². The summed E-state index contributed by atoms with van der Waals surface area (Å²) in [6.45, 7) is 3.97. The van der Waals surface area contributed by atoms with Crippen LogP contribution in [0.5, 0.6) is 0 Å². The Morgan fingerprint density at radius 2 is 2.00 bits per heavy atom. The Hall–Kier alpha value is -1.14. The second-order valence-corrected chi connectivity index (χ2v) is 5.24. The highest BCUT2D eigenvalue weighted by Gasteiger charge is 2.15. The van der Waals surface area contributed by atoms with E-state index in [0.29, 0.717) is 6.42 Å². The van der Waals surface area contributed by atoms with E-state index in [4.69, 9.17) is 5.26 Å². The molecule has 0 aromatic heterocycles. The molecule has 0 aliphatic rings. The van der Waals surface area contributed by atoms with Crippen molar-refractivity contribution in [1.82, 2.24) is 0 Å². The first-order valence-electron chi connectivity index (χ1n) is 5.03. The van der Waals surface area contributed by atoms with Crippen molar-refractivity contribution in [2.75, 3.05) is 0 Å². The van der Waals surface area contributed by atoms with Crippen molar-refractivity contribution >= 4 is 10.8 Å². The molecule has 0 fully saturated rings. The van der Waals surface area contributed by atoms with Crippen LogP contribution in [0.25, 0.3) is 0 Å². The van der Waals surface area contributed by atoms with E-state index in [1.54, 1.807) is 0 Å². The van der Waals surface area contributed by atoms with Gasteiger partial charge in [-0.25, -0.2) is 0 Å². The SMILES string of the molecule is CCC(CC#N)S(=O)c1ccc(C)cc1. The van der Waals surface area contributed by atoms with Gasteiger partial charge in [0.25, 0.3) is 0 Å². The minimum Gasteiger partial charge on any atom is -0.254 e. The van der Waals surface area contributed by atoms with Gasteiger partial charge in [0.1, 0.15) is 0 Å². The molecule has 2 atom stereocenters. The van der Waals surface area contributed by atoms with Crippen LogP contribution in [0.15, 0.2) is 29.2 Å². The average molecular weight is 221 g/mol. The zero-order valence-corrected chi connectivity index (χ0v) is 9.88. The Bertz CT molecular complexity index is 378. The van der Waals surface area contributed by atoms with E-state index in [-0.39, 0.29) is 5.25 Å². The van der Waals surface area contributed by atoms with Crippen LogP contribution in [0, 0.1) is 18.3 Å². The third-order valence-corrected chi connectivity index (χ3v) is 4.17. The van der Waals surface area contributed by atoms with E-state index < -0.39 is 10.8 Å². The molecule has 0 heterocycles. The van der Waals surface area contributed by atoms with Gasteiger partial charge in [-0.1, -0.05) is 24.6 Å². The van der Waals surface area contributed by atoms with Gasteiger partial charge in [-0.2, -0.15) is 5.26 Å². The van der Waals surface area contributed by atoms with Gasteiger partial charge in [0.2, 0.25) is 0 Å². The molecule has 1 aromatic rings. The lowest BCUT2D eigenvalue weighted by Crippen LogP contribution is -2.13. The molecule has 0 saturated heterocycles. The maximum Gasteiger partial charge on any atom is 0.0634 e. The molecule has 0 spiro atoms. The average Bonchev–Trinajstić information content (AvgIpc) is 2.26. The molecular formula is C12H15NOS. The third kappa shape index (κ3) is 3.17. The lowest BCUT2D eigenvalue weighted by atomic mass is 10.2. The monoisotopic (exact) mass is 221 g/mol. The normalized spacial score (nSPS) is 14.2. The third-order valence-electron chi connectivity index (χ3n) is 2.33. The van der Waals surface area contributed by atoms with Crippen molar-refractivity contribution in [3.8, 4) is 6.07 Å². The molecule has 3 heteroatoms. The fraction of sp³-hybridized carbons (Fsp3) is 0.417. The Labute approximate surface area is 93.4 Å². The molecule has 0 bridgehead atoms. The second-order valence-electron chi connectivity index (χ2n) is 3.50. The predicted molar refractivity (Wildman–Crippen MR) is 61.9 cm³/mol. The summed E-state index contributed by atoms with van der Waals surface area (Å²) in [5.41, 5.74) is 1.16. The van der Waals surface area contributed by atoms with Crippen molar-refractivity contribution in [2.45, 2.75) is 36.8 Å². The molecule has 0 saturated carbocycles. The van der Waals surface area contributed by atoms with Crippen molar-refractivity contribution in [1.29, 1.82) is 5.26 Å². The summed E-state index contributed by atoms with van der Waals surface area (Å²) in [6.07, 6.45) is 1.13. The number of aryl methyl sites for hydroxylation is 1. The van der Waals surface area contributed by atoms with Gasteiger partial charge in [-0.15, -0.1) is 0 Å². The summed E-state index contributed by atoms with van der Waals surface area (Å²) in [7, 11) is -1.05. The summed E-state index contributed by atoms with van der Waals surface area (Å²) in [4.78, 5) is 0.822. The first-order chi connectivity index (χ1) is 7.19. The van der Waals surface area contributed by atoms with Gasteiger partial charge < -0.3 is 0 Å². The van der Waals surface area contributed by atoms with E-state index >= 15 is 0 Å². The van der Waals surface area contributed by atoms with Crippen LogP contribution >= 0.6 is 0 Å². The lowest BCUT2D eigenvalue weighted by Gasteiger charge is -2.10. The van der Waals surface area contributed by atoms with Crippen LogP contribution < -0.4 is 0 Å². The lowest BCUT2D eigenvalue weighted by molar-refractivity contribution is 0.664. The fourth-order valence-corrected chi connectivity index (χ4v) is 2.66. The highest BCUT2D eigenvalue weighted by atomic mass is 32.2. The zero-order valence-electron chi connectivity index (χ0n) is 9.06. The predicted octanol–water partition coefficient (Wildman–Crippen LogP) is 2.79. The molecule has 0 aliphatic heterocycles. The Morgan fingerprint density at radius 1 is 1.40 bits per heavy atom. The maximum absolute atomic E-state index is 12.0. The van der Waals surface area contributed by atoms with Crippen LogP contribution in [0.4, 0.5) is 0 Å². The van der Waals surface area contributed by atoms with Gasteiger partial charge in [-0.3, -0.25) is 4.21 Å². The fourth-order valence-electron chi connectivity index (χ4n) is 1.34. The highest BCUT2D eigenvalue weighted by molar-refractivity contribution is 7.85. The van der Waals surface area contributed by atoms with E-state index in [0.717, 1.165) is 16.9 Å². The molecule has 0 radical (unpaired) electrons.